The van der Waals surface area contributed by atoms with Crippen LogP contribution in [0.4, 0.5) is 5.69 Å². The molecule has 1 N–H and O–H groups in total. The summed E-state index contributed by atoms with van der Waals surface area (Å²) >= 11 is 0. The highest BCUT2D eigenvalue weighted by molar-refractivity contribution is 6.20. The van der Waals surface area contributed by atoms with Crippen molar-refractivity contribution in [2.45, 2.75) is 19.3 Å². The summed E-state index contributed by atoms with van der Waals surface area (Å²) in [6, 6.07) is 9.62. The van der Waals surface area contributed by atoms with Crippen LogP contribution in [0.5, 0.6) is 0 Å². The molecular weight excluding hydrogens is 266 g/mol. The number of anilines is 1. The molecule has 0 bridgehead atoms. The summed E-state index contributed by atoms with van der Waals surface area (Å²) in [5, 5.41) is 2.43. The predicted molar refractivity (Wildman–Crippen MR) is 80.4 cm³/mol. The van der Waals surface area contributed by atoms with Crippen molar-refractivity contribution in [1.82, 2.24) is 10.2 Å². The second kappa shape index (κ2) is 5.60. The van der Waals surface area contributed by atoms with Crippen LogP contribution in [0.3, 0.4) is 0 Å². The smallest absolute Gasteiger partial charge is 0.277 e. The zero-order valence-electron chi connectivity index (χ0n) is 12.1. The van der Waals surface area contributed by atoms with E-state index in [1.165, 1.54) is 6.42 Å². The summed E-state index contributed by atoms with van der Waals surface area (Å²) < 4.78 is 0. The van der Waals surface area contributed by atoms with Gasteiger partial charge in [0, 0.05) is 25.8 Å². The minimum Gasteiger partial charge on any atom is -0.365 e. The molecule has 0 saturated carbocycles. The number of hydrogen-bond acceptors (Lipinski definition) is 4. The Morgan fingerprint density at radius 2 is 1.67 bits per heavy atom. The number of rotatable bonds is 3. The first-order valence-electron chi connectivity index (χ1n) is 7.32. The molecule has 0 unspecified atom stereocenters. The van der Waals surface area contributed by atoms with Gasteiger partial charge in [0.1, 0.15) is 11.4 Å². The Labute approximate surface area is 124 Å². The SMILES string of the molecule is CN(C1=C(N2CCCCC2)C(=O)NC1=O)c1ccccc1. The van der Waals surface area contributed by atoms with Gasteiger partial charge < -0.3 is 9.80 Å². The number of likely N-dealkylation sites (tertiary alicyclic amines) is 1. The molecule has 0 aromatic heterocycles. The fraction of sp³-hybridized carbons (Fsp3) is 0.375. The van der Waals surface area contributed by atoms with E-state index in [0.29, 0.717) is 11.4 Å². The Morgan fingerprint density at radius 3 is 2.33 bits per heavy atom. The van der Waals surface area contributed by atoms with E-state index in [1.54, 1.807) is 4.90 Å². The molecule has 0 spiro atoms. The zero-order valence-corrected chi connectivity index (χ0v) is 12.1. The summed E-state index contributed by atoms with van der Waals surface area (Å²) in [5.41, 5.74) is 1.87. The molecule has 1 aromatic carbocycles. The second-order valence-corrected chi connectivity index (χ2v) is 5.42. The van der Waals surface area contributed by atoms with Gasteiger partial charge in [-0.15, -0.1) is 0 Å². The first kappa shape index (κ1) is 13.7. The Hall–Kier alpha value is -2.30. The Balaban J connectivity index is 1.99. The number of imide groups is 1. The lowest BCUT2D eigenvalue weighted by Crippen LogP contribution is -2.35. The number of amides is 2. The van der Waals surface area contributed by atoms with E-state index in [1.807, 2.05) is 42.3 Å². The monoisotopic (exact) mass is 285 g/mol. The van der Waals surface area contributed by atoms with Crippen molar-refractivity contribution in [2.75, 3.05) is 25.0 Å². The van der Waals surface area contributed by atoms with E-state index in [2.05, 4.69) is 5.32 Å². The summed E-state index contributed by atoms with van der Waals surface area (Å²) in [5.74, 6) is -0.591. The van der Waals surface area contributed by atoms with Crippen molar-refractivity contribution in [3.05, 3.63) is 41.7 Å². The summed E-state index contributed by atoms with van der Waals surface area (Å²) in [4.78, 5) is 28.2. The topological polar surface area (TPSA) is 52.6 Å². The fourth-order valence-corrected chi connectivity index (χ4v) is 2.94. The van der Waals surface area contributed by atoms with Gasteiger partial charge in [-0.05, 0) is 31.4 Å². The van der Waals surface area contributed by atoms with Crippen LogP contribution in [-0.4, -0.2) is 36.9 Å². The van der Waals surface area contributed by atoms with Gasteiger partial charge in [0.25, 0.3) is 11.8 Å². The molecule has 5 heteroatoms. The highest BCUT2D eigenvalue weighted by Gasteiger charge is 2.36. The van der Waals surface area contributed by atoms with Crippen LogP contribution in [-0.2, 0) is 9.59 Å². The molecular formula is C16H19N3O2. The molecule has 110 valence electrons. The van der Waals surface area contributed by atoms with E-state index in [4.69, 9.17) is 0 Å². The van der Waals surface area contributed by atoms with Crippen LogP contribution in [0.25, 0.3) is 0 Å². The minimum absolute atomic E-state index is 0.278. The van der Waals surface area contributed by atoms with Gasteiger partial charge in [-0.2, -0.15) is 0 Å². The van der Waals surface area contributed by atoms with Gasteiger partial charge in [-0.25, -0.2) is 0 Å². The average Bonchev–Trinajstić information content (AvgIpc) is 2.82. The van der Waals surface area contributed by atoms with Crippen molar-refractivity contribution in [1.29, 1.82) is 0 Å². The number of nitrogens with one attached hydrogen (secondary N) is 1. The fourth-order valence-electron chi connectivity index (χ4n) is 2.94. The number of carbonyl (C=O) groups excluding carboxylic acids is 2. The molecule has 1 aromatic rings. The zero-order chi connectivity index (χ0) is 14.8. The average molecular weight is 285 g/mol. The van der Waals surface area contributed by atoms with Crippen LogP contribution in [0, 0.1) is 0 Å². The molecule has 1 saturated heterocycles. The molecule has 3 rings (SSSR count). The third-order valence-corrected chi connectivity index (χ3v) is 4.03. The summed E-state index contributed by atoms with van der Waals surface area (Å²) in [7, 11) is 1.83. The van der Waals surface area contributed by atoms with Gasteiger partial charge in [-0.3, -0.25) is 14.9 Å². The van der Waals surface area contributed by atoms with E-state index < -0.39 is 0 Å². The maximum atomic E-state index is 12.2. The first-order valence-corrected chi connectivity index (χ1v) is 7.32. The highest BCUT2D eigenvalue weighted by atomic mass is 16.2. The molecule has 0 aliphatic carbocycles. The second-order valence-electron chi connectivity index (χ2n) is 5.42. The molecule has 21 heavy (non-hydrogen) atoms. The number of piperidine rings is 1. The summed E-state index contributed by atoms with van der Waals surface area (Å²) in [6.45, 7) is 1.67. The summed E-state index contributed by atoms with van der Waals surface area (Å²) in [6.07, 6.45) is 3.31. The normalized spacial score (nSPS) is 19.0. The van der Waals surface area contributed by atoms with Crippen LogP contribution in [0.1, 0.15) is 19.3 Å². The van der Waals surface area contributed by atoms with Gasteiger partial charge in [0.2, 0.25) is 0 Å². The maximum Gasteiger partial charge on any atom is 0.277 e. The van der Waals surface area contributed by atoms with Crippen molar-refractivity contribution >= 4 is 17.5 Å². The van der Waals surface area contributed by atoms with Crippen LogP contribution >= 0.6 is 0 Å². The number of hydrogen-bond donors (Lipinski definition) is 1. The van der Waals surface area contributed by atoms with E-state index in [9.17, 15) is 9.59 Å². The lowest BCUT2D eigenvalue weighted by Gasteiger charge is -2.30. The third-order valence-electron chi connectivity index (χ3n) is 4.03. The molecule has 2 aliphatic rings. The Morgan fingerprint density at radius 1 is 1.00 bits per heavy atom. The number of para-hydroxylation sites is 1. The van der Waals surface area contributed by atoms with Gasteiger partial charge in [-0.1, -0.05) is 18.2 Å². The molecule has 2 aliphatic heterocycles. The third kappa shape index (κ3) is 2.51. The van der Waals surface area contributed by atoms with E-state index >= 15 is 0 Å². The quantitative estimate of drug-likeness (QED) is 0.855. The number of benzene rings is 1. The molecule has 2 heterocycles. The lowest BCUT2D eigenvalue weighted by atomic mass is 10.1. The van der Waals surface area contributed by atoms with Crippen LogP contribution in [0.15, 0.2) is 41.7 Å². The van der Waals surface area contributed by atoms with Crippen molar-refractivity contribution in [3.63, 3.8) is 0 Å². The number of likely N-dealkylation sites (N-methyl/N-ethyl adjacent to an activating group) is 1. The maximum absolute atomic E-state index is 12.2. The number of nitrogens with zero attached hydrogens (tertiary/aromatic N) is 2. The van der Waals surface area contributed by atoms with Gasteiger partial charge >= 0.3 is 0 Å². The lowest BCUT2D eigenvalue weighted by molar-refractivity contribution is -0.124. The van der Waals surface area contributed by atoms with Crippen molar-refractivity contribution < 1.29 is 9.59 Å². The van der Waals surface area contributed by atoms with Crippen molar-refractivity contribution in [2.24, 2.45) is 0 Å². The minimum atomic E-state index is -0.313. The predicted octanol–water partition coefficient (Wildman–Crippen LogP) is 1.48. The van der Waals surface area contributed by atoms with Gasteiger partial charge in [0.05, 0.1) is 0 Å². The van der Waals surface area contributed by atoms with E-state index in [-0.39, 0.29) is 11.8 Å². The Bertz CT molecular complexity index is 589. The van der Waals surface area contributed by atoms with Gasteiger partial charge in [0.15, 0.2) is 0 Å². The van der Waals surface area contributed by atoms with E-state index in [0.717, 1.165) is 31.6 Å². The molecule has 0 atom stereocenters. The molecule has 2 amide bonds. The Kier molecular flexibility index (Phi) is 3.64. The standard InChI is InChI=1S/C16H19N3O2/c1-18(12-8-4-2-5-9-12)13-14(16(21)17-15(13)20)19-10-6-3-7-11-19/h2,4-5,8-9H,3,6-7,10-11H2,1H3,(H,17,20,21). The van der Waals surface area contributed by atoms with Crippen LogP contribution < -0.4 is 10.2 Å². The molecule has 1 fully saturated rings. The number of carbonyl (C=O) groups is 2. The highest BCUT2D eigenvalue weighted by Crippen LogP contribution is 2.26. The van der Waals surface area contributed by atoms with Crippen molar-refractivity contribution in [3.8, 4) is 0 Å². The molecule has 5 nitrogen and oxygen atoms in total. The largest absolute Gasteiger partial charge is 0.365 e. The molecule has 0 radical (unpaired) electrons. The first-order chi connectivity index (χ1) is 10.2. The van der Waals surface area contributed by atoms with Crippen LogP contribution in [0.2, 0.25) is 0 Å².